The molecule has 25 heavy (non-hydrogen) atoms. The molecule has 2 aromatic rings. The summed E-state index contributed by atoms with van der Waals surface area (Å²) in [5, 5.41) is 20.2. The predicted octanol–water partition coefficient (Wildman–Crippen LogP) is 3.56. The third kappa shape index (κ3) is 2.46. The molecule has 0 unspecified atom stereocenters. The van der Waals surface area contributed by atoms with E-state index in [0.717, 1.165) is 36.9 Å². The molecule has 0 spiro atoms. The van der Waals surface area contributed by atoms with Gasteiger partial charge in [0.1, 0.15) is 0 Å². The average molecular weight is 338 g/mol. The number of hydrogen-bond acceptors (Lipinski definition) is 3. The van der Waals surface area contributed by atoms with E-state index in [4.69, 9.17) is 0 Å². The van der Waals surface area contributed by atoms with Gasteiger partial charge in [-0.15, -0.1) is 0 Å². The van der Waals surface area contributed by atoms with Crippen LogP contribution in [0, 0.1) is 5.92 Å². The van der Waals surface area contributed by atoms with E-state index < -0.39 is 5.97 Å². The number of carbonyl (C=O) groups is 1. The number of carboxylic acid groups (broad SMARTS) is 1. The van der Waals surface area contributed by atoms with Crippen LogP contribution in [0.1, 0.15) is 30.6 Å². The van der Waals surface area contributed by atoms with Gasteiger partial charge in [-0.1, -0.05) is 29.8 Å². The Morgan fingerprint density at radius 3 is 2.88 bits per heavy atom. The van der Waals surface area contributed by atoms with Crippen LogP contribution in [0.5, 0.6) is 0 Å². The quantitative estimate of drug-likeness (QED) is 0.444. The molecule has 3 heterocycles. The molecule has 0 bridgehead atoms. The van der Waals surface area contributed by atoms with Gasteiger partial charge in [-0.3, -0.25) is 4.90 Å². The fourth-order valence-electron chi connectivity index (χ4n) is 4.46. The summed E-state index contributed by atoms with van der Waals surface area (Å²) < 4.78 is 0. The Labute approximate surface area is 146 Å². The second-order valence-electron chi connectivity index (χ2n) is 6.84. The van der Waals surface area contributed by atoms with E-state index >= 15 is 0 Å². The second kappa shape index (κ2) is 6.08. The van der Waals surface area contributed by atoms with E-state index in [1.165, 1.54) is 16.6 Å². The first-order chi connectivity index (χ1) is 12.1. The van der Waals surface area contributed by atoms with E-state index in [9.17, 15) is 15.0 Å². The van der Waals surface area contributed by atoms with Crippen LogP contribution in [-0.2, 0) is 11.2 Å². The Hall–Kier alpha value is -2.53. The number of H-pyrrole nitrogens is 1. The van der Waals surface area contributed by atoms with Crippen molar-refractivity contribution in [1.82, 2.24) is 9.88 Å². The third-order valence-electron chi connectivity index (χ3n) is 5.69. The zero-order valence-electron chi connectivity index (χ0n) is 14.2. The van der Waals surface area contributed by atoms with E-state index in [1.54, 1.807) is 0 Å². The minimum atomic E-state index is -1.05. The maximum Gasteiger partial charge on any atom is 0.335 e. The second-order valence-corrected chi connectivity index (χ2v) is 6.84. The molecule has 2 aliphatic heterocycles. The van der Waals surface area contributed by atoms with Crippen molar-refractivity contribution < 1.29 is 15.0 Å². The summed E-state index contributed by atoms with van der Waals surface area (Å²) in [5.41, 5.74) is 4.84. The standard InChI is InChI=1S/C20H22N2O3/c1-2-12-10-22-8-7-14-13-5-3-4-6-17(13)21-19(14)18(22)9-15(12)16(11-23)20(24)25/h2-6,11,15,18,21,23H,7-10H2,1H3,(H,24,25)/b12-2+,16-11+/t15-,18-/m0/s1. The summed E-state index contributed by atoms with van der Waals surface area (Å²) in [6.45, 7) is 3.65. The summed E-state index contributed by atoms with van der Waals surface area (Å²) in [6, 6.07) is 8.47. The first kappa shape index (κ1) is 16.0. The van der Waals surface area contributed by atoms with Crippen molar-refractivity contribution in [3.63, 3.8) is 0 Å². The number of benzene rings is 1. The lowest BCUT2D eigenvalue weighted by Gasteiger charge is -2.43. The fourth-order valence-corrected chi connectivity index (χ4v) is 4.46. The van der Waals surface area contributed by atoms with E-state index in [2.05, 4.69) is 28.1 Å². The molecule has 0 saturated carbocycles. The molecule has 3 N–H and O–H groups in total. The number of aliphatic hydroxyl groups is 1. The van der Waals surface area contributed by atoms with Crippen LogP contribution in [-0.4, -0.2) is 39.2 Å². The molecule has 0 amide bonds. The zero-order valence-corrected chi connectivity index (χ0v) is 14.2. The van der Waals surface area contributed by atoms with Gasteiger partial charge in [0.2, 0.25) is 0 Å². The molecule has 0 aliphatic carbocycles. The lowest BCUT2D eigenvalue weighted by atomic mass is 9.78. The van der Waals surface area contributed by atoms with Crippen LogP contribution in [0.4, 0.5) is 0 Å². The van der Waals surface area contributed by atoms with Crippen LogP contribution in [0.25, 0.3) is 10.9 Å². The molecule has 2 atom stereocenters. The lowest BCUT2D eigenvalue weighted by molar-refractivity contribution is -0.133. The molecule has 5 nitrogen and oxygen atoms in total. The van der Waals surface area contributed by atoms with E-state index in [1.807, 2.05) is 19.1 Å². The highest BCUT2D eigenvalue weighted by atomic mass is 16.4. The molecule has 130 valence electrons. The molecular formula is C20H22N2O3. The number of carboxylic acids is 1. The van der Waals surface area contributed by atoms with Gasteiger partial charge in [0, 0.05) is 35.6 Å². The normalized spacial score (nSPS) is 25.8. The van der Waals surface area contributed by atoms with Crippen molar-refractivity contribution in [3.8, 4) is 0 Å². The predicted molar refractivity (Wildman–Crippen MR) is 96.5 cm³/mol. The highest BCUT2D eigenvalue weighted by Crippen LogP contribution is 2.44. The van der Waals surface area contributed by atoms with Crippen LogP contribution >= 0.6 is 0 Å². The van der Waals surface area contributed by atoms with Crippen LogP contribution in [0.15, 0.2) is 47.7 Å². The van der Waals surface area contributed by atoms with Crippen LogP contribution in [0.3, 0.4) is 0 Å². The molecule has 1 saturated heterocycles. The number of piperidine rings is 1. The molecular weight excluding hydrogens is 316 g/mol. The third-order valence-corrected chi connectivity index (χ3v) is 5.69. The minimum absolute atomic E-state index is 0.0796. The van der Waals surface area contributed by atoms with Gasteiger partial charge in [-0.2, -0.15) is 0 Å². The highest BCUT2D eigenvalue weighted by Gasteiger charge is 2.39. The molecule has 1 fully saturated rings. The Morgan fingerprint density at radius 2 is 2.16 bits per heavy atom. The number of nitrogens with zero attached hydrogens (tertiary/aromatic N) is 1. The molecule has 0 radical (unpaired) electrons. The first-order valence-electron chi connectivity index (χ1n) is 8.70. The van der Waals surface area contributed by atoms with Gasteiger partial charge < -0.3 is 15.2 Å². The van der Waals surface area contributed by atoms with Crippen molar-refractivity contribution in [2.45, 2.75) is 25.8 Å². The van der Waals surface area contributed by atoms with Gasteiger partial charge in [-0.05, 0) is 31.4 Å². The maximum absolute atomic E-state index is 11.6. The Kier molecular flexibility index (Phi) is 3.88. The molecule has 5 heteroatoms. The number of nitrogens with one attached hydrogen (secondary N) is 1. The van der Waals surface area contributed by atoms with Crippen molar-refractivity contribution >= 4 is 16.9 Å². The van der Waals surface area contributed by atoms with Gasteiger partial charge in [0.15, 0.2) is 0 Å². The number of hydrogen-bond donors (Lipinski definition) is 3. The topological polar surface area (TPSA) is 76.6 Å². The number of aromatic nitrogens is 1. The molecule has 4 rings (SSSR count). The monoisotopic (exact) mass is 338 g/mol. The number of allylic oxidation sites excluding steroid dienone is 1. The van der Waals surface area contributed by atoms with Crippen molar-refractivity contribution in [1.29, 1.82) is 0 Å². The molecule has 1 aromatic heterocycles. The Balaban J connectivity index is 1.77. The van der Waals surface area contributed by atoms with Gasteiger partial charge >= 0.3 is 5.97 Å². The zero-order chi connectivity index (χ0) is 17.6. The summed E-state index contributed by atoms with van der Waals surface area (Å²) in [7, 11) is 0. The van der Waals surface area contributed by atoms with Crippen LogP contribution < -0.4 is 0 Å². The average Bonchev–Trinajstić information content (AvgIpc) is 3.00. The van der Waals surface area contributed by atoms with Gasteiger partial charge in [-0.25, -0.2) is 4.79 Å². The van der Waals surface area contributed by atoms with Crippen molar-refractivity contribution in [2.75, 3.05) is 13.1 Å². The smallest absolute Gasteiger partial charge is 0.335 e. The lowest BCUT2D eigenvalue weighted by Crippen LogP contribution is -2.43. The minimum Gasteiger partial charge on any atom is -0.515 e. The van der Waals surface area contributed by atoms with E-state index in [-0.39, 0.29) is 17.5 Å². The number of para-hydroxylation sites is 1. The van der Waals surface area contributed by atoms with Crippen molar-refractivity contribution in [3.05, 3.63) is 59.0 Å². The number of rotatable bonds is 2. The van der Waals surface area contributed by atoms with Crippen molar-refractivity contribution in [2.24, 2.45) is 5.92 Å². The number of aliphatic hydroxyl groups excluding tert-OH is 1. The molecule has 2 aliphatic rings. The first-order valence-corrected chi connectivity index (χ1v) is 8.70. The van der Waals surface area contributed by atoms with Gasteiger partial charge in [0.25, 0.3) is 0 Å². The summed E-state index contributed by atoms with van der Waals surface area (Å²) in [6.07, 6.45) is 4.42. The van der Waals surface area contributed by atoms with Gasteiger partial charge in [0.05, 0.1) is 17.9 Å². The molecule has 1 aromatic carbocycles. The van der Waals surface area contributed by atoms with E-state index in [0.29, 0.717) is 6.42 Å². The largest absolute Gasteiger partial charge is 0.515 e. The number of aromatic amines is 1. The Bertz CT molecular complexity index is 893. The Morgan fingerprint density at radius 1 is 1.36 bits per heavy atom. The highest BCUT2D eigenvalue weighted by molar-refractivity contribution is 5.88. The fraction of sp³-hybridized carbons (Fsp3) is 0.350. The van der Waals surface area contributed by atoms with Crippen LogP contribution in [0.2, 0.25) is 0 Å². The summed E-state index contributed by atoms with van der Waals surface area (Å²) in [5.74, 6) is -1.31. The SMILES string of the molecule is C/C=C1\CN2CCc3c([nH]c4ccccc34)[C@@H]2C[C@@H]1/C(=C\O)C(=O)O. The number of aliphatic carboxylic acids is 1. The summed E-state index contributed by atoms with van der Waals surface area (Å²) >= 11 is 0. The maximum atomic E-state index is 11.6. The number of fused-ring (bicyclic) bond motifs is 5. The summed E-state index contributed by atoms with van der Waals surface area (Å²) in [4.78, 5) is 17.5.